The van der Waals surface area contributed by atoms with Crippen LogP contribution in [0.2, 0.25) is 0 Å². The number of hydrogen-bond acceptors (Lipinski definition) is 0. The Hall–Kier alpha value is -2.40. The first-order valence-electron chi connectivity index (χ1n) is 12.8. The Morgan fingerprint density at radius 2 is 1.67 bits per heavy atom. The molecule has 2 heteroatoms. The van der Waals surface area contributed by atoms with E-state index in [4.69, 9.17) is 0 Å². The molecular formula is C31H38F2. The van der Waals surface area contributed by atoms with Crippen LogP contribution in [0.1, 0.15) is 125 Å². The van der Waals surface area contributed by atoms with Crippen LogP contribution < -0.4 is 0 Å². The Kier molecular flexibility index (Phi) is 9.74. The Balaban J connectivity index is 1.89. The second kappa shape index (κ2) is 12.7. The first-order valence-corrected chi connectivity index (χ1v) is 12.8. The fourth-order valence-corrected chi connectivity index (χ4v) is 4.99. The van der Waals surface area contributed by atoms with E-state index in [1.165, 1.54) is 56.1 Å². The van der Waals surface area contributed by atoms with Crippen LogP contribution in [-0.2, 0) is 0 Å². The van der Waals surface area contributed by atoms with Gasteiger partial charge in [-0.2, -0.15) is 0 Å². The minimum Gasteiger partial charge on any atom is -0.209 e. The normalized spacial score (nSPS) is 16.0. The summed E-state index contributed by atoms with van der Waals surface area (Å²) >= 11 is 0. The molecule has 3 rings (SSSR count). The molecule has 33 heavy (non-hydrogen) atoms. The third kappa shape index (κ3) is 6.80. The van der Waals surface area contributed by atoms with E-state index in [1.54, 1.807) is 24.3 Å². The minimum absolute atomic E-state index is 0.153. The van der Waals surface area contributed by atoms with Crippen LogP contribution in [0.15, 0.2) is 48.3 Å². The highest BCUT2D eigenvalue weighted by Gasteiger charge is 2.23. The molecule has 0 bridgehead atoms. The number of rotatable bonds is 8. The van der Waals surface area contributed by atoms with Gasteiger partial charge >= 0.3 is 0 Å². The van der Waals surface area contributed by atoms with Crippen molar-refractivity contribution < 1.29 is 8.78 Å². The number of allylic oxidation sites excluding steroid dienone is 1. The summed E-state index contributed by atoms with van der Waals surface area (Å²) in [7, 11) is 0. The Labute approximate surface area is 199 Å². The fourth-order valence-electron chi connectivity index (χ4n) is 4.99. The van der Waals surface area contributed by atoms with Crippen molar-refractivity contribution in [3.63, 3.8) is 0 Å². The van der Waals surface area contributed by atoms with Gasteiger partial charge in [-0.1, -0.05) is 89.0 Å². The van der Waals surface area contributed by atoms with E-state index in [2.05, 4.69) is 43.9 Å². The lowest BCUT2D eigenvalue weighted by molar-refractivity contribution is 0.439. The maximum atomic E-state index is 14.3. The molecule has 0 spiro atoms. The fraction of sp³-hybridized carbons (Fsp3) is 0.484. The number of benzene rings is 2. The molecule has 0 radical (unpaired) electrons. The topological polar surface area (TPSA) is 0 Å². The zero-order valence-electron chi connectivity index (χ0n) is 20.5. The Morgan fingerprint density at radius 1 is 0.939 bits per heavy atom. The van der Waals surface area contributed by atoms with Crippen molar-refractivity contribution in [3.8, 4) is 11.8 Å². The second-order valence-electron chi connectivity index (χ2n) is 9.48. The Bertz CT molecular complexity index is 982. The standard InChI is InChI=1S/C31H38F2/c1-4-6-16-29(32)31(33)27-21-18-24(19-22-27)17-20-26-14-10-15-28(23(3)11-5-2)30(26)25-12-8-7-9-13-25/h10,14-15,18-19,21-23,25H,4-9,11-13,16H2,1-3H3/b31-29+. The molecule has 0 nitrogen and oxygen atoms in total. The molecule has 2 aromatic rings. The highest BCUT2D eigenvalue weighted by Crippen LogP contribution is 2.39. The predicted molar refractivity (Wildman–Crippen MR) is 137 cm³/mol. The lowest BCUT2D eigenvalue weighted by Crippen LogP contribution is -2.11. The number of unbranched alkanes of at least 4 members (excludes halogenated alkanes) is 1. The quantitative estimate of drug-likeness (QED) is 0.352. The molecule has 1 unspecified atom stereocenters. The van der Waals surface area contributed by atoms with Gasteiger partial charge in [0, 0.05) is 23.1 Å². The summed E-state index contributed by atoms with van der Waals surface area (Å²) in [5.74, 6) is 6.43. The molecule has 0 saturated heterocycles. The van der Waals surface area contributed by atoms with E-state index in [1.807, 2.05) is 6.92 Å². The molecule has 0 amide bonds. The lowest BCUT2D eigenvalue weighted by atomic mass is 9.77. The summed E-state index contributed by atoms with van der Waals surface area (Å²) in [5.41, 5.74) is 5.15. The van der Waals surface area contributed by atoms with Gasteiger partial charge in [-0.25, -0.2) is 8.78 Å². The molecule has 0 heterocycles. The van der Waals surface area contributed by atoms with Crippen molar-refractivity contribution in [2.75, 3.05) is 0 Å². The molecule has 1 saturated carbocycles. The van der Waals surface area contributed by atoms with Crippen molar-refractivity contribution in [1.82, 2.24) is 0 Å². The average Bonchev–Trinajstić information content (AvgIpc) is 2.86. The second-order valence-corrected chi connectivity index (χ2v) is 9.48. The largest absolute Gasteiger partial charge is 0.209 e. The van der Waals surface area contributed by atoms with Gasteiger partial charge in [0.25, 0.3) is 0 Å². The first-order chi connectivity index (χ1) is 16.0. The molecule has 0 aliphatic heterocycles. The van der Waals surface area contributed by atoms with Crippen LogP contribution in [0.25, 0.3) is 5.83 Å². The molecule has 1 aliphatic rings. The van der Waals surface area contributed by atoms with Gasteiger partial charge in [-0.3, -0.25) is 0 Å². The van der Waals surface area contributed by atoms with E-state index in [-0.39, 0.29) is 12.0 Å². The molecule has 0 aromatic heterocycles. The third-order valence-corrected chi connectivity index (χ3v) is 6.87. The van der Waals surface area contributed by atoms with Crippen LogP contribution in [0, 0.1) is 11.8 Å². The van der Waals surface area contributed by atoms with E-state index in [9.17, 15) is 8.78 Å². The third-order valence-electron chi connectivity index (χ3n) is 6.87. The van der Waals surface area contributed by atoms with Gasteiger partial charge in [0.2, 0.25) is 0 Å². The summed E-state index contributed by atoms with van der Waals surface area (Å²) in [5, 5.41) is 0. The van der Waals surface area contributed by atoms with Gasteiger partial charge < -0.3 is 0 Å². The highest BCUT2D eigenvalue weighted by atomic mass is 19.2. The van der Waals surface area contributed by atoms with Crippen LogP contribution in [0.3, 0.4) is 0 Å². The smallest absolute Gasteiger partial charge is 0.161 e. The predicted octanol–water partition coefficient (Wildman–Crippen LogP) is 9.84. The monoisotopic (exact) mass is 448 g/mol. The minimum atomic E-state index is -0.750. The number of hydrogen-bond donors (Lipinski definition) is 0. The van der Waals surface area contributed by atoms with Gasteiger partial charge in [-0.05, 0) is 66.8 Å². The first kappa shape index (κ1) is 25.2. The van der Waals surface area contributed by atoms with Crippen molar-refractivity contribution in [2.45, 2.75) is 96.8 Å². The van der Waals surface area contributed by atoms with E-state index in [0.717, 1.165) is 17.5 Å². The molecule has 1 aliphatic carbocycles. The number of halogens is 2. The zero-order chi connectivity index (χ0) is 23.6. The summed E-state index contributed by atoms with van der Waals surface area (Å²) < 4.78 is 28.3. The van der Waals surface area contributed by atoms with Gasteiger partial charge in [0.15, 0.2) is 5.83 Å². The molecule has 0 N–H and O–H groups in total. The van der Waals surface area contributed by atoms with Crippen molar-refractivity contribution >= 4 is 5.83 Å². The zero-order valence-corrected chi connectivity index (χ0v) is 20.5. The van der Waals surface area contributed by atoms with Crippen molar-refractivity contribution in [1.29, 1.82) is 0 Å². The molecule has 1 atom stereocenters. The summed E-state index contributed by atoms with van der Waals surface area (Å²) in [6.45, 7) is 6.55. The summed E-state index contributed by atoms with van der Waals surface area (Å²) in [6, 6.07) is 13.4. The van der Waals surface area contributed by atoms with Crippen molar-refractivity contribution in [2.24, 2.45) is 0 Å². The lowest BCUT2D eigenvalue weighted by Gasteiger charge is -2.27. The molecule has 2 aromatic carbocycles. The Morgan fingerprint density at radius 3 is 2.33 bits per heavy atom. The maximum absolute atomic E-state index is 14.3. The van der Waals surface area contributed by atoms with Crippen LogP contribution >= 0.6 is 0 Å². The van der Waals surface area contributed by atoms with Crippen LogP contribution in [-0.4, -0.2) is 0 Å². The van der Waals surface area contributed by atoms with E-state index < -0.39 is 11.7 Å². The van der Waals surface area contributed by atoms with Crippen molar-refractivity contribution in [3.05, 3.63) is 76.1 Å². The van der Waals surface area contributed by atoms with Gasteiger partial charge in [-0.15, -0.1) is 0 Å². The molecular weight excluding hydrogens is 410 g/mol. The SMILES string of the molecule is CCCC/C(F)=C(\F)c1ccc(C#Cc2cccc(C(C)CCC)c2C2CCCCC2)cc1. The summed E-state index contributed by atoms with van der Waals surface area (Å²) in [4.78, 5) is 0. The highest BCUT2D eigenvalue weighted by molar-refractivity contribution is 5.62. The van der Waals surface area contributed by atoms with E-state index >= 15 is 0 Å². The summed E-state index contributed by atoms with van der Waals surface area (Å²) in [6.07, 6.45) is 10.4. The molecule has 1 fully saturated rings. The van der Waals surface area contributed by atoms with Gasteiger partial charge in [0.1, 0.15) is 5.83 Å². The van der Waals surface area contributed by atoms with Crippen LogP contribution in [0.5, 0.6) is 0 Å². The molecule has 176 valence electrons. The van der Waals surface area contributed by atoms with E-state index in [0.29, 0.717) is 18.3 Å². The van der Waals surface area contributed by atoms with Crippen LogP contribution in [0.4, 0.5) is 8.78 Å². The van der Waals surface area contributed by atoms with Gasteiger partial charge in [0.05, 0.1) is 0 Å². The average molecular weight is 449 g/mol. The maximum Gasteiger partial charge on any atom is 0.161 e.